The summed E-state index contributed by atoms with van der Waals surface area (Å²) in [6.07, 6.45) is 8.21. The average molecular weight is 453 g/mol. The number of phenols is 1. The van der Waals surface area contributed by atoms with E-state index in [4.69, 9.17) is 9.47 Å². The van der Waals surface area contributed by atoms with E-state index in [1.807, 2.05) is 6.07 Å². The van der Waals surface area contributed by atoms with Gasteiger partial charge < -0.3 is 17.4 Å². The Hall–Kier alpha value is -0.310. The summed E-state index contributed by atoms with van der Waals surface area (Å²) < 4.78 is 11.7. The molecule has 0 saturated carbocycles. The summed E-state index contributed by atoms with van der Waals surface area (Å²) in [7, 11) is 0. The molecule has 0 aliphatic rings. The molecule has 1 heterocycles. The molecular weight excluding hydrogens is 414 g/mol. The molecular formula is C22H38N4Na2O3. The second kappa shape index (κ2) is 16.3. The van der Waals surface area contributed by atoms with Gasteiger partial charge in [-0.25, -0.2) is 0 Å². The van der Waals surface area contributed by atoms with E-state index >= 15 is 0 Å². The van der Waals surface area contributed by atoms with Crippen LogP contribution in [0.5, 0.6) is 17.2 Å². The van der Waals surface area contributed by atoms with Crippen LogP contribution < -0.4 is 68.6 Å². The fraction of sp³-hybridized carbons (Fsp3) is 0.682. The van der Waals surface area contributed by atoms with Crippen molar-refractivity contribution in [2.75, 3.05) is 13.2 Å². The minimum Gasteiger partial charge on any atom is -1.00 e. The van der Waals surface area contributed by atoms with Gasteiger partial charge in [0.15, 0.2) is 17.3 Å². The van der Waals surface area contributed by atoms with Gasteiger partial charge >= 0.3 is 59.1 Å². The Kier molecular flexibility index (Phi) is 16.2. The van der Waals surface area contributed by atoms with Crippen molar-refractivity contribution < 1.29 is 76.5 Å². The van der Waals surface area contributed by atoms with Crippen LogP contribution in [0.25, 0.3) is 0 Å². The first-order chi connectivity index (χ1) is 14.0. The van der Waals surface area contributed by atoms with Gasteiger partial charge in [0, 0.05) is 11.5 Å². The van der Waals surface area contributed by atoms with E-state index in [0.29, 0.717) is 19.0 Å². The maximum absolute atomic E-state index is 10.3. The zero-order valence-electron chi connectivity index (χ0n) is 22.3. The first-order valence-corrected chi connectivity index (χ1v) is 10.8. The van der Waals surface area contributed by atoms with Crippen molar-refractivity contribution in [3.8, 4) is 17.2 Å². The van der Waals surface area contributed by atoms with Crippen molar-refractivity contribution in [3.63, 3.8) is 0 Å². The number of ether oxygens (including phenoxy) is 2. The third-order valence-electron chi connectivity index (χ3n) is 5.18. The van der Waals surface area contributed by atoms with Crippen molar-refractivity contribution >= 4 is 0 Å². The second-order valence-electron chi connectivity index (χ2n) is 8.12. The third-order valence-corrected chi connectivity index (χ3v) is 5.18. The molecule has 0 radical (unpaired) electrons. The number of unbranched alkanes of at least 4 members (excludes halogenated alkanes) is 4. The Balaban J connectivity index is -0.00000225. The van der Waals surface area contributed by atoms with Gasteiger partial charge in [-0.15, -0.1) is 10.2 Å². The molecule has 166 valence electrons. The minimum atomic E-state index is -0.0814. The van der Waals surface area contributed by atoms with Crippen LogP contribution in [0.4, 0.5) is 0 Å². The van der Waals surface area contributed by atoms with Crippen LogP contribution in [0.1, 0.15) is 86.9 Å². The molecule has 2 rings (SSSR count). The van der Waals surface area contributed by atoms with E-state index in [1.54, 1.807) is 6.07 Å². The minimum absolute atomic E-state index is 0. The second-order valence-corrected chi connectivity index (χ2v) is 8.12. The summed E-state index contributed by atoms with van der Waals surface area (Å²) in [5.41, 5.74) is 0.980. The van der Waals surface area contributed by atoms with Gasteiger partial charge in [0.2, 0.25) is 0 Å². The number of nitrogens with zero attached hydrogens (tertiary/aromatic N) is 3. The van der Waals surface area contributed by atoms with Crippen LogP contribution in [0.3, 0.4) is 0 Å². The number of H-pyrrole nitrogens is 1. The van der Waals surface area contributed by atoms with Crippen LogP contribution >= 0.6 is 0 Å². The van der Waals surface area contributed by atoms with E-state index in [9.17, 15) is 5.11 Å². The summed E-state index contributed by atoms with van der Waals surface area (Å²) >= 11 is 0. The normalized spacial score (nSPS) is 10.8. The first kappa shape index (κ1) is 30.7. The molecule has 2 N–H and O–H groups in total. The van der Waals surface area contributed by atoms with E-state index in [-0.39, 0.29) is 73.1 Å². The molecule has 0 fully saturated rings. The van der Waals surface area contributed by atoms with E-state index in [1.165, 1.54) is 0 Å². The topological polar surface area (TPSA) is 93.2 Å². The Labute approximate surface area is 234 Å². The van der Waals surface area contributed by atoms with Crippen molar-refractivity contribution in [1.29, 1.82) is 0 Å². The van der Waals surface area contributed by atoms with Crippen LogP contribution in [-0.4, -0.2) is 38.9 Å². The summed E-state index contributed by atoms with van der Waals surface area (Å²) in [5.74, 6) is 2.21. The molecule has 0 spiro atoms. The smallest absolute Gasteiger partial charge is 1.00 e. The number of hydrogen-bond donors (Lipinski definition) is 2. The fourth-order valence-electron chi connectivity index (χ4n) is 3.24. The van der Waals surface area contributed by atoms with Crippen molar-refractivity contribution in [3.05, 3.63) is 23.5 Å². The number of aromatic hydroxyl groups is 1. The standard InChI is InChI=1S/C22H36N4O3.2Na.2H/c1-5-7-10-13-29-20-15-17(6-2)19(16-18(20)27)28-14-11-8-9-12-22(3,4)21-23-25-26-24-21;;;;/h15-16,27H,5-14H2,1-4H3,(H,23,24,25,26);;;;/q;2*+1;2*-1. The van der Waals surface area contributed by atoms with Crippen molar-refractivity contribution in [2.24, 2.45) is 0 Å². The summed E-state index contributed by atoms with van der Waals surface area (Å²) in [6, 6.07) is 3.59. The molecule has 0 aliphatic carbocycles. The number of phenolic OH excluding ortho intramolecular Hbond substituents is 1. The molecule has 1 aromatic heterocycles. The van der Waals surface area contributed by atoms with Gasteiger partial charge in [-0.3, -0.25) is 0 Å². The molecule has 0 bridgehead atoms. The quantitative estimate of drug-likeness (QED) is 0.288. The number of nitrogens with one attached hydrogen (secondary N) is 1. The molecule has 0 unspecified atom stereocenters. The molecule has 1 aromatic carbocycles. The molecule has 0 saturated heterocycles. The number of rotatable bonds is 14. The zero-order chi connectivity index (χ0) is 21.1. The number of tetrazole rings is 1. The number of benzene rings is 1. The molecule has 0 amide bonds. The van der Waals surface area contributed by atoms with Gasteiger partial charge in [-0.1, -0.05) is 58.6 Å². The summed E-state index contributed by atoms with van der Waals surface area (Å²) in [4.78, 5) is 0. The number of aryl methyl sites for hydroxylation is 1. The fourth-order valence-corrected chi connectivity index (χ4v) is 3.24. The molecule has 0 aliphatic heterocycles. The van der Waals surface area contributed by atoms with Crippen molar-refractivity contribution in [2.45, 2.75) is 84.5 Å². The molecule has 31 heavy (non-hydrogen) atoms. The van der Waals surface area contributed by atoms with Gasteiger partial charge in [0.25, 0.3) is 0 Å². The third kappa shape index (κ3) is 10.4. The Morgan fingerprint density at radius 1 is 0.968 bits per heavy atom. The zero-order valence-corrected chi connectivity index (χ0v) is 24.3. The largest absolute Gasteiger partial charge is 1.00 e. The maximum atomic E-state index is 10.3. The van der Waals surface area contributed by atoms with Crippen LogP contribution in [0, 0.1) is 0 Å². The average Bonchev–Trinajstić information content (AvgIpc) is 3.25. The SMILES string of the molecule is CCCCCOc1cc(CC)c(OCCCCCC(C)(C)c2nn[nH]n2)cc1O.[H-].[H-].[Na+].[Na+]. The first-order valence-electron chi connectivity index (χ1n) is 10.8. The monoisotopic (exact) mass is 452 g/mol. The summed E-state index contributed by atoms with van der Waals surface area (Å²) in [6.45, 7) is 9.78. The van der Waals surface area contributed by atoms with Gasteiger partial charge in [0.1, 0.15) is 5.75 Å². The summed E-state index contributed by atoms with van der Waals surface area (Å²) in [5, 5.41) is 24.6. The van der Waals surface area contributed by atoms with Crippen LogP contribution in [-0.2, 0) is 11.8 Å². The Bertz CT molecular complexity index is 739. The van der Waals surface area contributed by atoms with Gasteiger partial charge in [0.05, 0.1) is 13.2 Å². The number of aromatic nitrogens is 4. The van der Waals surface area contributed by atoms with E-state index < -0.39 is 0 Å². The Morgan fingerprint density at radius 2 is 1.65 bits per heavy atom. The maximum Gasteiger partial charge on any atom is 1.00 e. The molecule has 2 aromatic rings. The molecule has 0 atom stereocenters. The van der Waals surface area contributed by atoms with Gasteiger partial charge in [-0.2, -0.15) is 5.21 Å². The Morgan fingerprint density at radius 3 is 2.26 bits per heavy atom. The van der Waals surface area contributed by atoms with E-state index in [2.05, 4.69) is 48.3 Å². The molecule has 7 nitrogen and oxygen atoms in total. The predicted octanol–water partition coefficient (Wildman–Crippen LogP) is -0.813. The predicted molar refractivity (Wildman–Crippen MR) is 116 cm³/mol. The number of hydrogen-bond acceptors (Lipinski definition) is 6. The van der Waals surface area contributed by atoms with E-state index in [0.717, 1.165) is 68.5 Å². The van der Waals surface area contributed by atoms with Gasteiger partial charge in [-0.05, 0) is 37.3 Å². The number of aromatic amines is 1. The van der Waals surface area contributed by atoms with Crippen LogP contribution in [0.2, 0.25) is 0 Å². The van der Waals surface area contributed by atoms with Crippen LogP contribution in [0.15, 0.2) is 12.1 Å². The molecule has 9 heteroatoms. The van der Waals surface area contributed by atoms with Crippen molar-refractivity contribution in [1.82, 2.24) is 20.6 Å².